The first-order chi connectivity index (χ1) is 14.4. The molecular weight excluding hydrogens is 401 g/mol. The van der Waals surface area contributed by atoms with Gasteiger partial charge < -0.3 is 19.9 Å². The van der Waals surface area contributed by atoms with E-state index >= 15 is 0 Å². The second kappa shape index (κ2) is 9.90. The first-order valence-corrected chi connectivity index (χ1v) is 9.79. The predicted octanol–water partition coefficient (Wildman–Crippen LogP) is 1.23. The summed E-state index contributed by atoms with van der Waals surface area (Å²) in [6.45, 7) is 3.58. The normalized spacial score (nSPS) is 15.4. The van der Waals surface area contributed by atoms with Crippen LogP contribution in [-0.4, -0.2) is 76.3 Å². The zero-order valence-electron chi connectivity index (χ0n) is 16.5. The lowest BCUT2D eigenvalue weighted by molar-refractivity contribution is -0.141. The molecule has 0 bridgehead atoms. The molecule has 0 atom stereocenters. The van der Waals surface area contributed by atoms with Crippen molar-refractivity contribution in [1.82, 2.24) is 24.8 Å². The third kappa shape index (κ3) is 5.70. The van der Waals surface area contributed by atoms with Gasteiger partial charge in [-0.15, -0.1) is 0 Å². The van der Waals surface area contributed by atoms with Gasteiger partial charge in [0.1, 0.15) is 11.5 Å². The van der Waals surface area contributed by atoms with Crippen LogP contribution in [0.4, 0.5) is 19.0 Å². The van der Waals surface area contributed by atoms with Gasteiger partial charge in [-0.2, -0.15) is 13.2 Å². The minimum atomic E-state index is -4.59. The number of aryl methyl sites for hydroxylation is 1. The van der Waals surface area contributed by atoms with Crippen molar-refractivity contribution in [3.8, 4) is 0 Å². The van der Waals surface area contributed by atoms with Crippen LogP contribution in [0.2, 0.25) is 0 Å². The molecule has 2 N–H and O–H groups in total. The Balaban J connectivity index is 1.70. The number of amides is 1. The van der Waals surface area contributed by atoms with E-state index in [9.17, 15) is 18.0 Å². The number of nitrogens with one attached hydrogen (secondary N) is 1. The van der Waals surface area contributed by atoms with E-state index in [1.165, 1.54) is 6.07 Å². The summed E-state index contributed by atoms with van der Waals surface area (Å²) in [6, 6.07) is 2.03. The fourth-order valence-corrected chi connectivity index (χ4v) is 3.33. The van der Waals surface area contributed by atoms with Crippen LogP contribution in [0.25, 0.3) is 0 Å². The molecule has 1 aliphatic rings. The monoisotopic (exact) mass is 426 g/mol. The SMILES string of the molecule is O=C(NCCCn1ccnc1)c1ccc(C(F)(F)F)nc1N1CCN(CCO)CC1. The number of nitrogens with zero attached hydrogens (tertiary/aromatic N) is 5. The number of aliphatic hydroxyl groups excluding tert-OH is 1. The van der Waals surface area contributed by atoms with E-state index < -0.39 is 17.8 Å². The number of pyridine rings is 1. The Morgan fingerprint density at radius 2 is 1.93 bits per heavy atom. The van der Waals surface area contributed by atoms with Crippen molar-refractivity contribution in [2.24, 2.45) is 0 Å². The third-order valence-corrected chi connectivity index (χ3v) is 4.94. The Bertz CT molecular complexity index is 820. The number of piperazine rings is 1. The number of anilines is 1. The molecule has 0 spiro atoms. The highest BCUT2D eigenvalue weighted by Gasteiger charge is 2.34. The lowest BCUT2D eigenvalue weighted by Gasteiger charge is -2.36. The van der Waals surface area contributed by atoms with Crippen LogP contribution in [-0.2, 0) is 12.7 Å². The molecule has 0 aromatic carbocycles. The smallest absolute Gasteiger partial charge is 0.395 e. The molecular formula is C19H25F3N6O2. The van der Waals surface area contributed by atoms with Gasteiger partial charge in [0.15, 0.2) is 0 Å². The van der Waals surface area contributed by atoms with Crippen molar-refractivity contribution >= 4 is 11.7 Å². The van der Waals surface area contributed by atoms with Crippen LogP contribution in [0.5, 0.6) is 0 Å². The Morgan fingerprint density at radius 1 is 1.17 bits per heavy atom. The van der Waals surface area contributed by atoms with Crippen molar-refractivity contribution in [3.05, 3.63) is 42.1 Å². The molecule has 30 heavy (non-hydrogen) atoms. The van der Waals surface area contributed by atoms with E-state index in [1.54, 1.807) is 17.4 Å². The van der Waals surface area contributed by atoms with Crippen molar-refractivity contribution in [2.45, 2.75) is 19.1 Å². The maximum atomic E-state index is 13.2. The average Bonchev–Trinajstić information content (AvgIpc) is 3.24. The molecule has 1 fully saturated rings. The number of carbonyl (C=O) groups is 1. The molecule has 11 heteroatoms. The zero-order chi connectivity index (χ0) is 21.6. The second-order valence-corrected chi connectivity index (χ2v) is 7.03. The maximum Gasteiger partial charge on any atom is 0.433 e. The van der Waals surface area contributed by atoms with Crippen molar-refractivity contribution in [3.63, 3.8) is 0 Å². The van der Waals surface area contributed by atoms with Crippen LogP contribution in [0, 0.1) is 0 Å². The quantitative estimate of drug-likeness (QED) is 0.618. The Hall–Kier alpha value is -2.66. The molecule has 8 nitrogen and oxygen atoms in total. The molecule has 1 aliphatic heterocycles. The number of hydrogen-bond donors (Lipinski definition) is 2. The Morgan fingerprint density at radius 3 is 2.57 bits per heavy atom. The second-order valence-electron chi connectivity index (χ2n) is 7.03. The number of hydrogen-bond acceptors (Lipinski definition) is 6. The highest BCUT2D eigenvalue weighted by atomic mass is 19.4. The molecule has 3 heterocycles. The van der Waals surface area contributed by atoms with Gasteiger partial charge in [-0.1, -0.05) is 0 Å². The van der Waals surface area contributed by atoms with Crippen LogP contribution in [0.15, 0.2) is 30.9 Å². The van der Waals surface area contributed by atoms with Gasteiger partial charge in [-0.3, -0.25) is 9.69 Å². The van der Waals surface area contributed by atoms with Gasteiger partial charge >= 0.3 is 6.18 Å². The first-order valence-electron chi connectivity index (χ1n) is 9.79. The predicted molar refractivity (Wildman–Crippen MR) is 104 cm³/mol. The van der Waals surface area contributed by atoms with Gasteiger partial charge in [0.05, 0.1) is 18.5 Å². The van der Waals surface area contributed by atoms with Crippen molar-refractivity contribution in [2.75, 3.05) is 50.8 Å². The lowest BCUT2D eigenvalue weighted by atomic mass is 10.1. The molecule has 3 rings (SSSR count). The molecule has 0 aliphatic carbocycles. The van der Waals surface area contributed by atoms with Crippen LogP contribution in [0.3, 0.4) is 0 Å². The summed E-state index contributed by atoms with van der Waals surface area (Å²) < 4.78 is 41.4. The first kappa shape index (κ1) is 22.0. The van der Waals surface area contributed by atoms with Gasteiger partial charge in [-0.25, -0.2) is 9.97 Å². The molecule has 0 radical (unpaired) electrons. The van der Waals surface area contributed by atoms with Gasteiger partial charge in [-0.05, 0) is 18.6 Å². The minimum absolute atomic E-state index is 0.0224. The van der Waals surface area contributed by atoms with Gasteiger partial charge in [0.25, 0.3) is 5.91 Å². The molecule has 2 aromatic heterocycles. The number of β-amino-alcohol motifs (C(OH)–C–C–N with tert-alkyl or cyclic N) is 1. The summed E-state index contributed by atoms with van der Waals surface area (Å²) in [5.41, 5.74) is -0.895. The summed E-state index contributed by atoms with van der Waals surface area (Å²) >= 11 is 0. The van der Waals surface area contributed by atoms with Crippen LogP contribution >= 0.6 is 0 Å². The molecule has 1 saturated heterocycles. The van der Waals surface area contributed by atoms with Gasteiger partial charge in [0.2, 0.25) is 0 Å². The zero-order valence-corrected chi connectivity index (χ0v) is 16.5. The standard InChI is InChI=1S/C19H25F3N6O2/c20-19(21,22)16-3-2-15(18(30)24-4-1-6-27-7-5-23-14-27)17(25-16)28-10-8-26(9-11-28)12-13-29/h2-3,5,7,14,29H,1,4,6,8-13H2,(H,24,30). The summed E-state index contributed by atoms with van der Waals surface area (Å²) in [7, 11) is 0. The Kier molecular flexibility index (Phi) is 7.27. The maximum absolute atomic E-state index is 13.2. The van der Waals surface area contributed by atoms with Crippen LogP contribution < -0.4 is 10.2 Å². The fraction of sp³-hybridized carbons (Fsp3) is 0.526. The number of alkyl halides is 3. The van der Waals surface area contributed by atoms with E-state index in [1.807, 2.05) is 15.7 Å². The number of aliphatic hydroxyl groups is 1. The topological polar surface area (TPSA) is 86.5 Å². The number of imidazole rings is 1. The number of halogens is 3. The van der Waals surface area contributed by atoms with Gasteiger partial charge in [0, 0.05) is 58.2 Å². The average molecular weight is 426 g/mol. The van der Waals surface area contributed by atoms with Crippen molar-refractivity contribution < 1.29 is 23.1 Å². The van der Waals surface area contributed by atoms with Crippen LogP contribution in [0.1, 0.15) is 22.5 Å². The molecule has 0 saturated carbocycles. The summed E-state index contributed by atoms with van der Waals surface area (Å²) in [5.74, 6) is -0.407. The van der Waals surface area contributed by atoms with E-state index in [2.05, 4.69) is 15.3 Å². The fourth-order valence-electron chi connectivity index (χ4n) is 3.33. The summed E-state index contributed by atoms with van der Waals surface area (Å²) in [4.78, 5) is 24.1. The lowest BCUT2D eigenvalue weighted by Crippen LogP contribution is -2.48. The number of aromatic nitrogens is 3. The van der Waals surface area contributed by atoms with E-state index in [0.717, 1.165) is 6.07 Å². The molecule has 0 unspecified atom stereocenters. The number of carbonyl (C=O) groups excluding carboxylic acids is 1. The summed E-state index contributed by atoms with van der Waals surface area (Å²) in [5, 5.41) is 11.8. The summed E-state index contributed by atoms with van der Waals surface area (Å²) in [6.07, 6.45) is 1.23. The van der Waals surface area contributed by atoms with Crippen molar-refractivity contribution in [1.29, 1.82) is 0 Å². The largest absolute Gasteiger partial charge is 0.433 e. The third-order valence-electron chi connectivity index (χ3n) is 4.94. The van der Waals surface area contributed by atoms with E-state index in [0.29, 0.717) is 52.2 Å². The molecule has 1 amide bonds. The van der Waals surface area contributed by atoms with E-state index in [-0.39, 0.29) is 18.0 Å². The molecule has 164 valence electrons. The minimum Gasteiger partial charge on any atom is -0.395 e. The highest BCUT2D eigenvalue weighted by molar-refractivity contribution is 5.99. The Labute approximate surface area is 172 Å². The number of rotatable bonds is 8. The van der Waals surface area contributed by atoms with E-state index in [4.69, 9.17) is 5.11 Å². The molecule has 2 aromatic rings. The highest BCUT2D eigenvalue weighted by Crippen LogP contribution is 2.31.